The van der Waals surface area contributed by atoms with E-state index in [4.69, 9.17) is 4.52 Å². The Morgan fingerprint density at radius 1 is 1.50 bits per heavy atom. The van der Waals surface area contributed by atoms with Crippen molar-refractivity contribution in [2.24, 2.45) is 0 Å². The van der Waals surface area contributed by atoms with E-state index in [0.717, 1.165) is 43.7 Å². The summed E-state index contributed by atoms with van der Waals surface area (Å²) in [5.41, 5.74) is 2.17. The van der Waals surface area contributed by atoms with E-state index in [9.17, 15) is 4.79 Å². The Morgan fingerprint density at radius 2 is 2.33 bits per heavy atom. The number of carbonyl (C=O) groups is 1. The van der Waals surface area contributed by atoms with E-state index in [2.05, 4.69) is 31.6 Å². The molecule has 24 heavy (non-hydrogen) atoms. The molecule has 0 radical (unpaired) electrons. The molecule has 1 amide bonds. The van der Waals surface area contributed by atoms with Crippen LogP contribution in [-0.4, -0.2) is 45.3 Å². The standard InChI is InChI=1S/C17H25N5O2/c1-4-15(17(23)18-16-9-12(3)24-21-16)22-7-5-6-13(10-22)14-8-11(2)19-20-14/h8-9,13,15H,4-7,10H2,1-3H3,(H,19,20)(H,18,21,23). The zero-order valence-electron chi connectivity index (χ0n) is 14.5. The average molecular weight is 331 g/mol. The molecule has 3 rings (SSSR count). The van der Waals surface area contributed by atoms with Crippen molar-refractivity contribution in [3.05, 3.63) is 29.3 Å². The summed E-state index contributed by atoms with van der Waals surface area (Å²) in [6.07, 6.45) is 2.94. The van der Waals surface area contributed by atoms with Crippen molar-refractivity contribution in [3.8, 4) is 0 Å². The molecule has 0 saturated carbocycles. The summed E-state index contributed by atoms with van der Waals surface area (Å²) >= 11 is 0. The second-order valence-corrected chi connectivity index (χ2v) is 6.55. The van der Waals surface area contributed by atoms with Gasteiger partial charge in [-0.3, -0.25) is 14.8 Å². The van der Waals surface area contributed by atoms with Crippen molar-refractivity contribution in [1.82, 2.24) is 20.3 Å². The summed E-state index contributed by atoms with van der Waals surface area (Å²) in [5.74, 6) is 1.52. The Hall–Kier alpha value is -2.15. The van der Waals surface area contributed by atoms with E-state index in [1.807, 2.05) is 13.8 Å². The molecular formula is C17H25N5O2. The third-order valence-electron chi connectivity index (χ3n) is 4.61. The Balaban J connectivity index is 1.66. The fraction of sp³-hybridized carbons (Fsp3) is 0.588. The molecule has 0 aromatic carbocycles. The van der Waals surface area contributed by atoms with Gasteiger partial charge in [-0.15, -0.1) is 0 Å². The number of rotatable bonds is 5. The predicted molar refractivity (Wildman–Crippen MR) is 90.8 cm³/mol. The van der Waals surface area contributed by atoms with Crippen LogP contribution in [0.15, 0.2) is 16.7 Å². The molecule has 1 saturated heterocycles. The Bertz CT molecular complexity index is 693. The normalized spacial score (nSPS) is 20.0. The van der Waals surface area contributed by atoms with Gasteiger partial charge < -0.3 is 9.84 Å². The highest BCUT2D eigenvalue weighted by molar-refractivity contribution is 5.94. The molecule has 2 atom stereocenters. The average Bonchev–Trinajstić information content (AvgIpc) is 3.17. The van der Waals surface area contributed by atoms with Crippen LogP contribution in [0.1, 0.15) is 49.3 Å². The summed E-state index contributed by atoms with van der Waals surface area (Å²) in [6.45, 7) is 7.65. The van der Waals surface area contributed by atoms with Gasteiger partial charge in [-0.05, 0) is 45.7 Å². The third kappa shape index (κ3) is 3.67. The maximum absolute atomic E-state index is 12.6. The monoisotopic (exact) mass is 331 g/mol. The summed E-state index contributed by atoms with van der Waals surface area (Å²) in [6, 6.07) is 3.67. The van der Waals surface area contributed by atoms with Crippen LogP contribution in [0.4, 0.5) is 5.82 Å². The number of aromatic amines is 1. The molecule has 130 valence electrons. The van der Waals surface area contributed by atoms with Crippen LogP contribution in [0, 0.1) is 13.8 Å². The molecule has 1 fully saturated rings. The number of amides is 1. The van der Waals surface area contributed by atoms with Crippen LogP contribution in [0.3, 0.4) is 0 Å². The number of likely N-dealkylation sites (tertiary alicyclic amines) is 1. The number of nitrogens with zero attached hydrogens (tertiary/aromatic N) is 3. The number of H-pyrrole nitrogens is 1. The number of piperidine rings is 1. The second-order valence-electron chi connectivity index (χ2n) is 6.55. The number of aryl methyl sites for hydroxylation is 2. The smallest absolute Gasteiger partial charge is 0.242 e. The highest BCUT2D eigenvalue weighted by atomic mass is 16.5. The van der Waals surface area contributed by atoms with Gasteiger partial charge in [-0.2, -0.15) is 5.10 Å². The number of hydrogen-bond acceptors (Lipinski definition) is 5. The van der Waals surface area contributed by atoms with E-state index < -0.39 is 0 Å². The first-order chi connectivity index (χ1) is 11.6. The molecule has 1 aliphatic heterocycles. The van der Waals surface area contributed by atoms with Crippen LogP contribution in [0.2, 0.25) is 0 Å². The summed E-state index contributed by atoms with van der Waals surface area (Å²) in [4.78, 5) is 14.9. The van der Waals surface area contributed by atoms with Gasteiger partial charge in [0.2, 0.25) is 5.91 Å². The van der Waals surface area contributed by atoms with Crippen LogP contribution < -0.4 is 5.32 Å². The van der Waals surface area contributed by atoms with Gasteiger partial charge in [0.05, 0.1) is 11.7 Å². The van der Waals surface area contributed by atoms with E-state index in [1.165, 1.54) is 0 Å². The first-order valence-corrected chi connectivity index (χ1v) is 8.57. The Morgan fingerprint density at radius 3 is 2.96 bits per heavy atom. The molecule has 2 aromatic heterocycles. The lowest BCUT2D eigenvalue weighted by molar-refractivity contribution is -0.122. The van der Waals surface area contributed by atoms with Crippen LogP contribution >= 0.6 is 0 Å². The van der Waals surface area contributed by atoms with Crippen molar-refractivity contribution in [3.63, 3.8) is 0 Å². The van der Waals surface area contributed by atoms with Gasteiger partial charge in [0.1, 0.15) is 5.76 Å². The highest BCUT2D eigenvalue weighted by Crippen LogP contribution is 2.28. The molecule has 1 aliphatic rings. The second kappa shape index (κ2) is 7.17. The van der Waals surface area contributed by atoms with Gasteiger partial charge in [-0.1, -0.05) is 12.1 Å². The molecule has 7 nitrogen and oxygen atoms in total. The molecule has 2 aromatic rings. The largest absolute Gasteiger partial charge is 0.360 e. The minimum absolute atomic E-state index is 0.0235. The van der Waals surface area contributed by atoms with Crippen molar-refractivity contribution in [2.75, 3.05) is 18.4 Å². The first-order valence-electron chi connectivity index (χ1n) is 8.57. The number of nitrogens with one attached hydrogen (secondary N) is 2. The maximum Gasteiger partial charge on any atom is 0.242 e. The fourth-order valence-electron chi connectivity index (χ4n) is 3.42. The van der Waals surface area contributed by atoms with Gasteiger partial charge in [-0.25, -0.2) is 0 Å². The van der Waals surface area contributed by atoms with Gasteiger partial charge in [0.25, 0.3) is 0 Å². The highest BCUT2D eigenvalue weighted by Gasteiger charge is 2.31. The predicted octanol–water partition coefficient (Wildman–Crippen LogP) is 2.61. The van der Waals surface area contributed by atoms with Crippen molar-refractivity contribution in [2.45, 2.75) is 52.0 Å². The van der Waals surface area contributed by atoms with Crippen molar-refractivity contribution >= 4 is 11.7 Å². The van der Waals surface area contributed by atoms with Gasteiger partial charge in [0, 0.05) is 24.2 Å². The molecule has 0 aliphatic carbocycles. The van der Waals surface area contributed by atoms with E-state index in [1.54, 1.807) is 13.0 Å². The Labute approximate surface area is 141 Å². The molecule has 2 unspecified atom stereocenters. The summed E-state index contributed by atoms with van der Waals surface area (Å²) in [5, 5.41) is 14.1. The zero-order chi connectivity index (χ0) is 17.1. The van der Waals surface area contributed by atoms with E-state index in [0.29, 0.717) is 17.5 Å². The molecule has 3 heterocycles. The van der Waals surface area contributed by atoms with Crippen LogP contribution in [-0.2, 0) is 4.79 Å². The molecule has 7 heteroatoms. The summed E-state index contributed by atoms with van der Waals surface area (Å²) in [7, 11) is 0. The van der Waals surface area contributed by atoms with E-state index >= 15 is 0 Å². The molecule has 0 spiro atoms. The lowest BCUT2D eigenvalue weighted by Gasteiger charge is -2.36. The number of anilines is 1. The Kier molecular flexibility index (Phi) is 4.99. The topological polar surface area (TPSA) is 87.0 Å². The van der Waals surface area contributed by atoms with Crippen molar-refractivity contribution < 1.29 is 9.32 Å². The quantitative estimate of drug-likeness (QED) is 0.879. The molecular weight excluding hydrogens is 306 g/mol. The number of aromatic nitrogens is 3. The molecule has 2 N–H and O–H groups in total. The number of carbonyl (C=O) groups excluding carboxylic acids is 1. The van der Waals surface area contributed by atoms with Crippen LogP contribution in [0.25, 0.3) is 0 Å². The van der Waals surface area contributed by atoms with Gasteiger partial charge >= 0.3 is 0 Å². The fourth-order valence-corrected chi connectivity index (χ4v) is 3.42. The maximum atomic E-state index is 12.6. The molecule has 0 bridgehead atoms. The zero-order valence-corrected chi connectivity index (χ0v) is 14.5. The minimum Gasteiger partial charge on any atom is -0.360 e. The number of hydrogen-bond donors (Lipinski definition) is 2. The minimum atomic E-state index is -0.162. The van der Waals surface area contributed by atoms with Gasteiger partial charge in [0.15, 0.2) is 5.82 Å². The van der Waals surface area contributed by atoms with Crippen LogP contribution in [0.5, 0.6) is 0 Å². The van der Waals surface area contributed by atoms with E-state index in [-0.39, 0.29) is 11.9 Å². The van der Waals surface area contributed by atoms with Crippen molar-refractivity contribution in [1.29, 1.82) is 0 Å². The first kappa shape index (κ1) is 16.7. The SMILES string of the molecule is CCC(C(=O)Nc1cc(C)on1)N1CCCC(c2cc(C)[nH]n2)C1. The lowest BCUT2D eigenvalue weighted by atomic mass is 9.93. The summed E-state index contributed by atoms with van der Waals surface area (Å²) < 4.78 is 5.01. The third-order valence-corrected chi connectivity index (χ3v) is 4.61. The lowest BCUT2D eigenvalue weighted by Crippen LogP contribution is -2.48.